The van der Waals surface area contributed by atoms with Gasteiger partial charge in [-0.3, -0.25) is 19.3 Å². The Hall–Kier alpha value is -1.32. The van der Waals surface area contributed by atoms with E-state index in [1.165, 1.54) is 109 Å². The van der Waals surface area contributed by atoms with Gasteiger partial charge in [-0.25, -0.2) is 0 Å². The standard InChI is InChI=1S/C43H82N2O6S/c1-4-7-10-13-15-16-17-18-20-23-33-50-41(46)28-37-52-36-27-40(42(47)44-29-24-30-45-31-34-49-35-32-45)43(48)51-38-39(25-21-12-9-6-3)26-22-19-14-11-8-5-2/h39-40H,4-38H2,1-3H3,(H,44,47). The number of nitrogens with one attached hydrogen (secondary N) is 1. The Morgan fingerprint density at radius 3 is 1.79 bits per heavy atom. The summed E-state index contributed by atoms with van der Waals surface area (Å²) in [6, 6.07) is 0. The fraction of sp³-hybridized carbons (Fsp3) is 0.930. The third kappa shape index (κ3) is 29.1. The fourth-order valence-corrected chi connectivity index (χ4v) is 7.73. The number of nitrogens with zero attached hydrogens (tertiary/aromatic N) is 1. The van der Waals surface area contributed by atoms with Crippen molar-refractivity contribution in [3.63, 3.8) is 0 Å². The molecule has 1 saturated heterocycles. The molecule has 1 amide bonds. The average Bonchev–Trinajstić information content (AvgIpc) is 3.15. The van der Waals surface area contributed by atoms with Crippen molar-refractivity contribution < 1.29 is 28.6 Å². The molecule has 1 aliphatic heterocycles. The molecule has 0 spiro atoms. The van der Waals surface area contributed by atoms with Gasteiger partial charge in [-0.05, 0) is 50.3 Å². The van der Waals surface area contributed by atoms with E-state index in [4.69, 9.17) is 14.2 Å². The van der Waals surface area contributed by atoms with Crippen LogP contribution in [-0.2, 0) is 28.6 Å². The number of hydrogen-bond donors (Lipinski definition) is 1. The summed E-state index contributed by atoms with van der Waals surface area (Å²) in [7, 11) is 0. The molecule has 9 heteroatoms. The molecule has 0 bridgehead atoms. The Morgan fingerprint density at radius 2 is 1.19 bits per heavy atom. The van der Waals surface area contributed by atoms with Gasteiger partial charge in [-0.2, -0.15) is 11.8 Å². The predicted molar refractivity (Wildman–Crippen MR) is 219 cm³/mol. The molecule has 0 aromatic heterocycles. The topological polar surface area (TPSA) is 94.2 Å². The zero-order valence-corrected chi connectivity index (χ0v) is 35.0. The molecular formula is C43H82N2O6S. The smallest absolute Gasteiger partial charge is 0.318 e. The summed E-state index contributed by atoms with van der Waals surface area (Å²) in [5.41, 5.74) is 0. The number of unbranched alkanes of at least 4 members (excludes halogenated alkanes) is 17. The van der Waals surface area contributed by atoms with Gasteiger partial charge in [-0.15, -0.1) is 0 Å². The first-order valence-electron chi connectivity index (χ1n) is 22.0. The Labute approximate surface area is 324 Å². The summed E-state index contributed by atoms with van der Waals surface area (Å²) in [4.78, 5) is 41.5. The largest absolute Gasteiger partial charge is 0.466 e. The van der Waals surface area contributed by atoms with E-state index < -0.39 is 11.9 Å². The number of morpholine rings is 1. The molecule has 1 heterocycles. The highest BCUT2D eigenvalue weighted by atomic mass is 32.2. The Bertz CT molecular complexity index is 840. The molecule has 2 unspecified atom stereocenters. The number of ether oxygens (including phenoxy) is 3. The number of carbonyl (C=O) groups excluding carboxylic acids is 3. The molecule has 1 fully saturated rings. The van der Waals surface area contributed by atoms with Gasteiger partial charge >= 0.3 is 11.9 Å². The lowest BCUT2D eigenvalue weighted by Crippen LogP contribution is -2.40. The molecule has 0 aromatic carbocycles. The number of amides is 1. The third-order valence-corrected chi connectivity index (χ3v) is 11.3. The molecule has 2 atom stereocenters. The summed E-state index contributed by atoms with van der Waals surface area (Å²) >= 11 is 1.60. The van der Waals surface area contributed by atoms with E-state index in [9.17, 15) is 14.4 Å². The summed E-state index contributed by atoms with van der Waals surface area (Å²) in [6.45, 7) is 12.4. The molecule has 0 radical (unpaired) electrons. The normalized spacial score (nSPS) is 14.6. The minimum absolute atomic E-state index is 0.160. The first-order valence-corrected chi connectivity index (χ1v) is 23.1. The lowest BCUT2D eigenvalue weighted by Gasteiger charge is -2.26. The summed E-state index contributed by atoms with van der Waals surface area (Å²) in [6.07, 6.45) is 28.7. The summed E-state index contributed by atoms with van der Waals surface area (Å²) in [5.74, 6) is -0.0304. The van der Waals surface area contributed by atoms with Crippen molar-refractivity contribution in [1.82, 2.24) is 10.2 Å². The van der Waals surface area contributed by atoms with Gasteiger partial charge in [0.15, 0.2) is 0 Å². The lowest BCUT2D eigenvalue weighted by atomic mass is 9.95. The molecule has 306 valence electrons. The third-order valence-electron chi connectivity index (χ3n) is 10.3. The van der Waals surface area contributed by atoms with Crippen LogP contribution in [0.5, 0.6) is 0 Å². The number of thioether (sulfide) groups is 1. The van der Waals surface area contributed by atoms with E-state index >= 15 is 0 Å². The molecule has 8 nitrogen and oxygen atoms in total. The summed E-state index contributed by atoms with van der Waals surface area (Å²) < 4.78 is 16.8. The van der Waals surface area contributed by atoms with Gasteiger partial charge in [-0.1, -0.05) is 143 Å². The lowest BCUT2D eigenvalue weighted by molar-refractivity contribution is -0.154. The van der Waals surface area contributed by atoms with Crippen LogP contribution in [-0.4, -0.2) is 86.9 Å². The maximum atomic E-state index is 13.5. The Balaban J connectivity index is 2.48. The zero-order valence-electron chi connectivity index (χ0n) is 34.2. The Morgan fingerprint density at radius 1 is 0.654 bits per heavy atom. The van der Waals surface area contributed by atoms with E-state index in [0.29, 0.717) is 50.0 Å². The average molecular weight is 755 g/mol. The number of esters is 2. The van der Waals surface area contributed by atoms with E-state index in [1.807, 2.05) is 0 Å². The van der Waals surface area contributed by atoms with Crippen LogP contribution in [0.25, 0.3) is 0 Å². The van der Waals surface area contributed by atoms with E-state index in [2.05, 4.69) is 31.0 Å². The molecule has 1 rings (SSSR count). The molecule has 0 aromatic rings. The maximum absolute atomic E-state index is 13.5. The van der Waals surface area contributed by atoms with Crippen molar-refractivity contribution in [1.29, 1.82) is 0 Å². The van der Waals surface area contributed by atoms with Crippen LogP contribution in [0.1, 0.15) is 181 Å². The number of hydrogen-bond acceptors (Lipinski definition) is 8. The van der Waals surface area contributed by atoms with Crippen molar-refractivity contribution in [2.75, 3.05) is 64.1 Å². The van der Waals surface area contributed by atoms with Crippen molar-refractivity contribution in [2.45, 2.75) is 181 Å². The quantitative estimate of drug-likeness (QED) is 0.0381. The van der Waals surface area contributed by atoms with E-state index in [1.54, 1.807) is 11.8 Å². The van der Waals surface area contributed by atoms with Crippen LogP contribution < -0.4 is 5.32 Å². The number of rotatable bonds is 37. The minimum Gasteiger partial charge on any atom is -0.466 e. The van der Waals surface area contributed by atoms with Gasteiger partial charge in [0.2, 0.25) is 5.91 Å². The second-order valence-electron chi connectivity index (χ2n) is 15.1. The predicted octanol–water partition coefficient (Wildman–Crippen LogP) is 10.3. The highest BCUT2D eigenvalue weighted by molar-refractivity contribution is 7.99. The zero-order chi connectivity index (χ0) is 37.7. The van der Waals surface area contributed by atoms with Gasteiger partial charge in [0.1, 0.15) is 5.92 Å². The van der Waals surface area contributed by atoms with Gasteiger partial charge in [0.25, 0.3) is 0 Å². The minimum atomic E-state index is -0.825. The second-order valence-corrected chi connectivity index (χ2v) is 16.3. The van der Waals surface area contributed by atoms with Crippen LogP contribution in [0, 0.1) is 11.8 Å². The highest BCUT2D eigenvalue weighted by Gasteiger charge is 2.28. The molecule has 1 aliphatic rings. The monoisotopic (exact) mass is 755 g/mol. The molecule has 1 N–H and O–H groups in total. The SMILES string of the molecule is CCCCCCCCCCCCOC(=O)CCSCCC(C(=O)NCCCN1CCOCC1)C(=O)OCC(CCCCCC)CCCCCCCC. The van der Waals surface area contributed by atoms with Crippen LogP contribution in [0.2, 0.25) is 0 Å². The van der Waals surface area contributed by atoms with Gasteiger partial charge in [0.05, 0.1) is 32.8 Å². The highest BCUT2D eigenvalue weighted by Crippen LogP contribution is 2.21. The first-order chi connectivity index (χ1) is 25.5. The van der Waals surface area contributed by atoms with Crippen LogP contribution >= 0.6 is 11.8 Å². The second kappa shape index (κ2) is 36.6. The van der Waals surface area contributed by atoms with Crippen LogP contribution in [0.4, 0.5) is 0 Å². The van der Waals surface area contributed by atoms with Crippen LogP contribution in [0.3, 0.4) is 0 Å². The van der Waals surface area contributed by atoms with Crippen molar-refractivity contribution in [2.24, 2.45) is 11.8 Å². The fourth-order valence-electron chi connectivity index (χ4n) is 6.81. The Kier molecular flexibility index (Phi) is 34.3. The van der Waals surface area contributed by atoms with Crippen molar-refractivity contribution in [3.8, 4) is 0 Å². The maximum Gasteiger partial charge on any atom is 0.318 e. The van der Waals surface area contributed by atoms with Crippen LogP contribution in [0.15, 0.2) is 0 Å². The molecular weight excluding hydrogens is 673 g/mol. The van der Waals surface area contributed by atoms with Gasteiger partial charge in [0, 0.05) is 25.4 Å². The van der Waals surface area contributed by atoms with E-state index in [-0.39, 0.29) is 11.9 Å². The number of carbonyl (C=O) groups is 3. The molecule has 52 heavy (non-hydrogen) atoms. The van der Waals surface area contributed by atoms with Crippen molar-refractivity contribution >= 4 is 29.6 Å². The van der Waals surface area contributed by atoms with E-state index in [0.717, 1.165) is 71.4 Å². The molecule has 0 aliphatic carbocycles. The molecule has 0 saturated carbocycles. The summed E-state index contributed by atoms with van der Waals surface area (Å²) in [5, 5.41) is 3.03. The van der Waals surface area contributed by atoms with Crippen molar-refractivity contribution in [3.05, 3.63) is 0 Å². The van der Waals surface area contributed by atoms with Gasteiger partial charge < -0.3 is 19.5 Å². The first kappa shape index (κ1) is 48.7.